The Hall–Kier alpha value is -1.71. The molecule has 4 aromatic carbocycles. The van der Waals surface area contributed by atoms with Crippen LogP contribution >= 0.6 is 155 Å². The number of hydrogen-bond acceptors (Lipinski definition) is 14. The summed E-state index contributed by atoms with van der Waals surface area (Å²) in [5, 5.41) is 22.0. The third-order valence-corrected chi connectivity index (χ3v) is 24.1. The van der Waals surface area contributed by atoms with Crippen LogP contribution in [0.25, 0.3) is 0 Å². The molecule has 18 nitrogen and oxygen atoms in total. The fraction of sp³-hybridized carbons (Fsp3) is 0.275. The van der Waals surface area contributed by atoms with Gasteiger partial charge in [-0.3, -0.25) is 4.79 Å². The molecule has 0 saturated heterocycles. The van der Waals surface area contributed by atoms with Crippen LogP contribution in [0.15, 0.2) is 106 Å². The molecule has 31 heteroatoms. The van der Waals surface area contributed by atoms with Crippen molar-refractivity contribution in [2.75, 3.05) is 32.9 Å². The third-order valence-electron chi connectivity index (χ3n) is 7.76. The van der Waals surface area contributed by atoms with Crippen LogP contribution in [0.4, 0.5) is 4.79 Å². The molecule has 0 aliphatic carbocycles. The largest absolute Gasteiger partial charge is 0.482 e. The van der Waals surface area contributed by atoms with Gasteiger partial charge in [-0.05, 0) is 236 Å². The van der Waals surface area contributed by atoms with Crippen molar-refractivity contribution < 1.29 is 73.6 Å². The van der Waals surface area contributed by atoms with Crippen molar-refractivity contribution in [1.29, 1.82) is 0 Å². The molecule has 0 spiro atoms. The number of ether oxygens (including phenoxy) is 3. The molecule has 0 bridgehead atoms. The van der Waals surface area contributed by atoms with Gasteiger partial charge in [0.05, 0.1) is 44.0 Å². The van der Waals surface area contributed by atoms with Crippen LogP contribution in [0.3, 0.4) is 0 Å². The van der Waals surface area contributed by atoms with Crippen molar-refractivity contribution in [2.45, 2.75) is 39.9 Å². The van der Waals surface area contributed by atoms with Gasteiger partial charge in [0.15, 0.2) is 6.61 Å². The van der Waals surface area contributed by atoms with Crippen LogP contribution in [-0.4, -0.2) is 103 Å². The van der Waals surface area contributed by atoms with Gasteiger partial charge in [0.2, 0.25) is 33.9 Å². The Kier molecular flexibility index (Phi) is 28.6. The van der Waals surface area contributed by atoms with Crippen molar-refractivity contribution in [2.24, 2.45) is 0 Å². The number of aliphatic carboxylic acids is 1. The Labute approximate surface area is 489 Å². The maximum absolute atomic E-state index is 12.3. The van der Waals surface area contributed by atoms with Crippen molar-refractivity contribution in [3.05, 3.63) is 118 Å². The van der Waals surface area contributed by atoms with E-state index in [4.69, 9.17) is 31.3 Å². The highest BCUT2D eigenvalue weighted by Crippen LogP contribution is 2.45. The number of carbonyl (C=O) groups is 5. The van der Waals surface area contributed by atoms with E-state index in [9.17, 15) is 49.2 Å². The number of alkyl halides is 9. The van der Waals surface area contributed by atoms with E-state index in [0.29, 0.717) is 0 Å². The number of aromatic carboxylic acids is 1. The average molecular weight is 1650 g/mol. The first-order valence-corrected chi connectivity index (χ1v) is 30.8. The summed E-state index contributed by atoms with van der Waals surface area (Å²) in [7, 11) is -10.9. The molecule has 4 N–H and O–H groups in total. The van der Waals surface area contributed by atoms with Gasteiger partial charge in [-0.15, -0.1) is 0 Å². The summed E-state index contributed by atoms with van der Waals surface area (Å²) in [4.78, 5) is 55.6. The summed E-state index contributed by atoms with van der Waals surface area (Å²) >= 11 is 32.3. The van der Waals surface area contributed by atoms with E-state index < -0.39 is 70.5 Å². The molecule has 0 aliphatic rings. The first-order chi connectivity index (χ1) is 32.5. The predicted octanol–water partition coefficient (Wildman–Crippen LogP) is 10.9. The smallest absolute Gasteiger partial charge is 0.341 e. The zero-order chi connectivity index (χ0) is 54.8. The molecule has 2 amide bonds. The Balaban J connectivity index is 0.000000504. The highest BCUT2D eigenvalue weighted by atomic mass is 80.0. The minimum absolute atomic E-state index is 0.00823. The number of sulfone groups is 3. The summed E-state index contributed by atoms with van der Waals surface area (Å²) in [6.07, 6.45) is 0. The summed E-state index contributed by atoms with van der Waals surface area (Å²) in [5.74, 6) is -3.14. The highest BCUT2D eigenvalue weighted by Gasteiger charge is 2.39. The maximum atomic E-state index is 12.3. The van der Waals surface area contributed by atoms with Crippen LogP contribution in [-0.2, 0) is 48.6 Å². The second-order valence-corrected chi connectivity index (χ2v) is 44.9. The number of esters is 2. The summed E-state index contributed by atoms with van der Waals surface area (Å²) in [6, 6.07) is 21.7. The van der Waals surface area contributed by atoms with E-state index >= 15 is 0 Å². The van der Waals surface area contributed by atoms with Crippen molar-refractivity contribution >= 4 is 214 Å². The lowest BCUT2D eigenvalue weighted by Gasteiger charge is -2.14. The summed E-state index contributed by atoms with van der Waals surface area (Å²) in [6.45, 7) is 4.60. The SMILES string of the molecule is CCOC(=O)CNC(=O)NCCOC(=O)c1cccc(S(=O)(=O)C(Br)(Br)Br)c1.Cc1ccc(Cl)c(C(=O)O)c1.Cc1cccc(S(=O)(=O)C(Br)(Br)Br)c1.O=C(O)COc1ccc(S(=O)(=O)C(Br)(Br)Br)cc1. The van der Waals surface area contributed by atoms with Gasteiger partial charge < -0.3 is 35.1 Å². The van der Waals surface area contributed by atoms with Gasteiger partial charge in [0, 0.05) is 0 Å². The molecule has 0 fully saturated rings. The van der Waals surface area contributed by atoms with Gasteiger partial charge in [-0.1, -0.05) is 41.4 Å². The molecule has 0 unspecified atom stereocenters. The molecule has 392 valence electrons. The topological polar surface area (TPSA) is 280 Å². The Morgan fingerprint density at radius 1 is 0.620 bits per heavy atom. The normalized spacial score (nSPS) is 11.6. The van der Waals surface area contributed by atoms with E-state index in [1.165, 1.54) is 48.5 Å². The van der Waals surface area contributed by atoms with Crippen LogP contribution in [0, 0.1) is 13.8 Å². The summed E-state index contributed by atoms with van der Waals surface area (Å²) in [5.41, 5.74) is 1.99. The van der Waals surface area contributed by atoms with Gasteiger partial charge >= 0.3 is 29.9 Å². The van der Waals surface area contributed by atoms with Gasteiger partial charge in [-0.25, -0.2) is 44.4 Å². The molecule has 0 radical (unpaired) electrons. The van der Waals surface area contributed by atoms with Crippen molar-refractivity contribution in [1.82, 2.24) is 10.6 Å². The molecule has 0 aliphatic heterocycles. The molecular formula is C40H38Br9ClN2O16S3. The minimum atomic E-state index is -3.85. The van der Waals surface area contributed by atoms with Gasteiger partial charge in [-0.2, -0.15) is 0 Å². The number of hydrogen-bond donors (Lipinski definition) is 4. The fourth-order valence-electron chi connectivity index (χ4n) is 4.46. The molecule has 0 atom stereocenters. The number of aryl methyl sites for hydroxylation is 2. The zero-order valence-corrected chi connectivity index (χ0v) is 53.8. The van der Waals surface area contributed by atoms with Crippen LogP contribution in [0.5, 0.6) is 5.75 Å². The minimum Gasteiger partial charge on any atom is -0.482 e. The zero-order valence-electron chi connectivity index (χ0n) is 36.3. The monoisotopic (exact) mass is 1640 g/mol. The first kappa shape index (κ1) is 67.3. The van der Waals surface area contributed by atoms with Crippen LogP contribution in [0.2, 0.25) is 5.02 Å². The number of benzene rings is 4. The molecule has 4 aromatic rings. The van der Waals surface area contributed by atoms with E-state index in [0.717, 1.165) is 11.1 Å². The van der Waals surface area contributed by atoms with Gasteiger partial charge in [0.25, 0.3) is 0 Å². The van der Waals surface area contributed by atoms with Crippen molar-refractivity contribution in [3.63, 3.8) is 0 Å². The maximum Gasteiger partial charge on any atom is 0.341 e. The lowest BCUT2D eigenvalue weighted by Crippen LogP contribution is -2.40. The number of rotatable bonds is 14. The second-order valence-electron chi connectivity index (χ2n) is 13.2. The molecule has 0 aromatic heterocycles. The molecule has 0 saturated carbocycles. The van der Waals surface area contributed by atoms with E-state index in [1.807, 2.05) is 19.9 Å². The predicted molar refractivity (Wildman–Crippen MR) is 299 cm³/mol. The number of carbonyl (C=O) groups excluding carboxylic acids is 3. The standard InChI is InChI=1S/C15H17Br3N2O7S.C9H7Br3O5S.C8H7Br3O2S.C8H7ClO2/c1-2-26-12(21)9-20-14(23)19-6-7-27-13(22)10-4-3-5-11(8-10)28(24,25)15(16,17)18;10-9(11,12)18(15,16)7-3-1-6(2-4-7)17-5-8(13)14;1-6-3-2-4-7(5-6)14(12,13)8(9,10)11;1-5-2-3-7(9)6(4-5)8(10)11/h3-5,8H,2,6-7,9H2,1H3,(H2,19,20,23);1-4H,5H2,(H,13,14);2-5H,1H3;2-4H,1H3,(H,10,11). The quantitative estimate of drug-likeness (QED) is 0.0519. The fourth-order valence-corrected chi connectivity index (χ4v) is 12.1. The molecule has 0 heterocycles. The number of carboxylic acids is 2. The van der Waals surface area contributed by atoms with Crippen LogP contribution in [0.1, 0.15) is 38.8 Å². The Morgan fingerprint density at radius 3 is 1.58 bits per heavy atom. The number of amides is 2. The Morgan fingerprint density at radius 2 is 1.11 bits per heavy atom. The lowest BCUT2D eigenvalue weighted by molar-refractivity contribution is -0.142. The number of urea groups is 1. The highest BCUT2D eigenvalue weighted by molar-refractivity contribution is 9.43. The lowest BCUT2D eigenvalue weighted by atomic mass is 10.1. The number of halogens is 10. The molecule has 4 rings (SSSR count). The second kappa shape index (κ2) is 30.1. The molecular weight excluding hydrogens is 1620 g/mol. The Bertz CT molecular complexity index is 2850. The average Bonchev–Trinajstić information content (AvgIpc) is 3.27. The van der Waals surface area contributed by atoms with Crippen molar-refractivity contribution in [3.8, 4) is 5.75 Å². The first-order valence-electron chi connectivity index (χ1n) is 18.9. The third kappa shape index (κ3) is 23.0. The van der Waals surface area contributed by atoms with Crippen LogP contribution < -0.4 is 15.4 Å². The number of carboxylic acid groups (broad SMARTS) is 2. The van der Waals surface area contributed by atoms with E-state index in [1.54, 1.807) is 43.3 Å². The summed E-state index contributed by atoms with van der Waals surface area (Å²) < 4.78 is 82.5. The van der Waals surface area contributed by atoms with Gasteiger partial charge in [0.1, 0.15) is 18.9 Å². The number of nitrogens with one attached hydrogen (secondary N) is 2. The molecule has 71 heavy (non-hydrogen) atoms. The van der Waals surface area contributed by atoms with E-state index in [-0.39, 0.29) is 62.9 Å². The van der Waals surface area contributed by atoms with E-state index in [2.05, 4.69) is 159 Å².